The van der Waals surface area contributed by atoms with Crippen molar-refractivity contribution in [3.8, 4) is 0 Å². The molecule has 1 aromatic carbocycles. The third-order valence-corrected chi connectivity index (χ3v) is 3.99. The van der Waals surface area contributed by atoms with Crippen LogP contribution in [0, 0.1) is 0 Å². The summed E-state index contributed by atoms with van der Waals surface area (Å²) in [5, 5.41) is 1.58. The Kier molecular flexibility index (Phi) is 5.71. The number of fused-ring (bicyclic) bond motifs is 1. The minimum absolute atomic E-state index is 0.163. The van der Waals surface area contributed by atoms with Gasteiger partial charge in [-0.1, -0.05) is 12.1 Å². The molecule has 6 nitrogen and oxygen atoms in total. The Morgan fingerprint density at radius 3 is 2.71 bits per heavy atom. The van der Waals surface area contributed by atoms with Gasteiger partial charge in [-0.25, -0.2) is 0 Å². The quantitative estimate of drug-likeness (QED) is 0.801. The largest absolute Gasteiger partial charge is 0.454 e. The van der Waals surface area contributed by atoms with E-state index in [1.807, 2.05) is 0 Å². The van der Waals surface area contributed by atoms with Crippen molar-refractivity contribution in [2.24, 2.45) is 0 Å². The van der Waals surface area contributed by atoms with Gasteiger partial charge < -0.3 is 10.1 Å². The Bertz CT molecular complexity index is 651. The molecule has 0 unspecified atom stereocenters. The highest BCUT2D eigenvalue weighted by Crippen LogP contribution is 2.34. The van der Waals surface area contributed by atoms with Crippen LogP contribution in [0.2, 0.25) is 0 Å². The lowest BCUT2D eigenvalue weighted by atomic mass is 10.2. The van der Waals surface area contributed by atoms with Gasteiger partial charge in [-0.15, -0.1) is 11.8 Å². The number of nitrogens with zero attached hydrogens (tertiary/aromatic N) is 1. The number of alkyl halides is 3. The van der Waals surface area contributed by atoms with Gasteiger partial charge in [0.1, 0.15) is 13.1 Å². The fourth-order valence-corrected chi connectivity index (χ4v) is 2.83. The number of halogens is 3. The second-order valence-corrected chi connectivity index (χ2v) is 5.81. The third-order valence-electron chi connectivity index (χ3n) is 2.95. The van der Waals surface area contributed by atoms with E-state index in [-0.39, 0.29) is 11.7 Å². The van der Waals surface area contributed by atoms with Gasteiger partial charge in [0.2, 0.25) is 5.91 Å². The van der Waals surface area contributed by atoms with E-state index in [0.717, 1.165) is 4.90 Å². The molecule has 0 bridgehead atoms. The van der Waals surface area contributed by atoms with Crippen molar-refractivity contribution in [1.29, 1.82) is 0 Å². The lowest BCUT2D eigenvalue weighted by Gasteiger charge is -2.27. The molecule has 2 rings (SSSR count). The number of carbonyl (C=O) groups excluding carboxylic acids is 3. The molecule has 0 fully saturated rings. The Balaban J connectivity index is 1.86. The molecule has 130 valence electrons. The summed E-state index contributed by atoms with van der Waals surface area (Å²) in [6.45, 7) is -2.76. The zero-order valence-electron chi connectivity index (χ0n) is 12.3. The van der Waals surface area contributed by atoms with E-state index < -0.39 is 37.7 Å². The van der Waals surface area contributed by atoms with E-state index in [0.29, 0.717) is 5.69 Å². The molecule has 10 heteroatoms. The van der Waals surface area contributed by atoms with Crippen LogP contribution in [0.15, 0.2) is 29.2 Å². The lowest BCUT2D eigenvalue weighted by molar-refractivity contribution is -0.150. The molecule has 1 heterocycles. The molecule has 0 saturated heterocycles. The molecule has 0 spiro atoms. The highest BCUT2D eigenvalue weighted by atomic mass is 32.2. The Hall–Kier alpha value is -2.23. The van der Waals surface area contributed by atoms with E-state index in [1.54, 1.807) is 29.6 Å². The molecule has 0 aromatic heterocycles. The second-order valence-electron chi connectivity index (χ2n) is 4.79. The first-order valence-electron chi connectivity index (χ1n) is 6.77. The van der Waals surface area contributed by atoms with Gasteiger partial charge in [-0.05, 0) is 12.1 Å². The molecular weight excluding hydrogens is 349 g/mol. The summed E-state index contributed by atoms with van der Waals surface area (Å²) in [5.41, 5.74) is 0.553. The maximum atomic E-state index is 11.9. The molecule has 1 aliphatic rings. The van der Waals surface area contributed by atoms with Gasteiger partial charge in [0, 0.05) is 4.90 Å². The maximum absolute atomic E-state index is 11.9. The average Bonchev–Trinajstić information content (AvgIpc) is 2.53. The molecule has 1 aromatic rings. The summed E-state index contributed by atoms with van der Waals surface area (Å²) in [4.78, 5) is 36.9. The van der Waals surface area contributed by atoms with Gasteiger partial charge >= 0.3 is 12.1 Å². The van der Waals surface area contributed by atoms with Crippen molar-refractivity contribution >= 4 is 35.2 Å². The van der Waals surface area contributed by atoms with Crippen LogP contribution in [0.5, 0.6) is 0 Å². The summed E-state index contributed by atoms with van der Waals surface area (Å²) in [7, 11) is 0. The van der Waals surface area contributed by atoms with E-state index in [1.165, 1.54) is 16.7 Å². The summed E-state index contributed by atoms with van der Waals surface area (Å²) in [5.74, 6) is -2.08. The predicted molar refractivity (Wildman–Crippen MR) is 79.5 cm³/mol. The van der Waals surface area contributed by atoms with Crippen LogP contribution < -0.4 is 10.2 Å². The molecule has 0 atom stereocenters. The van der Waals surface area contributed by atoms with Gasteiger partial charge in [0.15, 0.2) is 6.61 Å². The molecule has 1 aliphatic heterocycles. The van der Waals surface area contributed by atoms with E-state index in [4.69, 9.17) is 0 Å². The third kappa shape index (κ3) is 5.15. The number of rotatable bonds is 5. The highest BCUT2D eigenvalue weighted by molar-refractivity contribution is 8.00. The summed E-state index contributed by atoms with van der Waals surface area (Å²) < 4.78 is 40.4. The van der Waals surface area contributed by atoms with Gasteiger partial charge in [0.25, 0.3) is 5.91 Å². The number of esters is 1. The molecule has 24 heavy (non-hydrogen) atoms. The Labute approximate surface area is 139 Å². The first kappa shape index (κ1) is 18.1. The fourth-order valence-electron chi connectivity index (χ4n) is 1.90. The highest BCUT2D eigenvalue weighted by Gasteiger charge is 2.29. The first-order valence-corrected chi connectivity index (χ1v) is 7.76. The Morgan fingerprint density at radius 2 is 2.00 bits per heavy atom. The minimum atomic E-state index is -4.54. The van der Waals surface area contributed by atoms with Crippen molar-refractivity contribution < 1.29 is 32.3 Å². The molecule has 1 N–H and O–H groups in total. The normalized spacial score (nSPS) is 14.1. The van der Waals surface area contributed by atoms with Crippen molar-refractivity contribution in [2.45, 2.75) is 11.1 Å². The summed E-state index contributed by atoms with van der Waals surface area (Å²) in [6, 6.07) is 6.97. The number of thioether (sulfide) groups is 1. The summed E-state index contributed by atoms with van der Waals surface area (Å²) in [6.07, 6.45) is -4.54. The standard InChI is InChI=1S/C14H13F3N2O4S/c15-14(16,17)8-18-11(20)6-23-13(22)5-19-9-3-1-2-4-10(9)24-7-12(19)21/h1-4H,5-8H2,(H,18,20). The molecule has 2 amide bonds. The van der Waals surface area contributed by atoms with Crippen molar-refractivity contribution in [3.63, 3.8) is 0 Å². The zero-order valence-corrected chi connectivity index (χ0v) is 13.1. The molecule has 0 radical (unpaired) electrons. The number of hydrogen-bond donors (Lipinski definition) is 1. The monoisotopic (exact) mass is 362 g/mol. The number of amides is 2. The van der Waals surface area contributed by atoms with E-state index in [2.05, 4.69) is 4.74 Å². The number of nitrogens with one attached hydrogen (secondary N) is 1. The average molecular weight is 362 g/mol. The number of benzene rings is 1. The van der Waals surface area contributed by atoms with Gasteiger partial charge in [-0.3, -0.25) is 19.3 Å². The number of para-hydroxylation sites is 1. The minimum Gasteiger partial charge on any atom is -0.454 e. The fraction of sp³-hybridized carbons (Fsp3) is 0.357. The number of anilines is 1. The number of ether oxygens (including phenoxy) is 1. The van der Waals surface area contributed by atoms with Crippen LogP contribution in [0.1, 0.15) is 0 Å². The second kappa shape index (κ2) is 7.56. The zero-order chi connectivity index (χ0) is 17.7. The van der Waals surface area contributed by atoms with Crippen LogP contribution in [0.25, 0.3) is 0 Å². The van der Waals surface area contributed by atoms with Crippen LogP contribution in [-0.2, 0) is 19.1 Å². The van der Waals surface area contributed by atoms with Crippen molar-refractivity contribution in [1.82, 2.24) is 5.32 Å². The molecule has 0 saturated carbocycles. The maximum Gasteiger partial charge on any atom is 0.405 e. The SMILES string of the molecule is O=C(COC(=O)CN1C(=O)CSc2ccccc21)NCC(F)(F)F. The Morgan fingerprint density at radius 1 is 1.29 bits per heavy atom. The van der Waals surface area contributed by atoms with Crippen LogP contribution >= 0.6 is 11.8 Å². The van der Waals surface area contributed by atoms with Crippen LogP contribution in [0.3, 0.4) is 0 Å². The van der Waals surface area contributed by atoms with E-state index in [9.17, 15) is 27.6 Å². The topological polar surface area (TPSA) is 75.7 Å². The van der Waals surface area contributed by atoms with Gasteiger partial charge in [0.05, 0.1) is 11.4 Å². The van der Waals surface area contributed by atoms with Crippen molar-refractivity contribution in [2.75, 3.05) is 30.3 Å². The number of carbonyl (C=O) groups is 3. The smallest absolute Gasteiger partial charge is 0.405 e. The predicted octanol–water partition coefficient (Wildman–Crippen LogP) is 1.35. The first-order chi connectivity index (χ1) is 11.3. The van der Waals surface area contributed by atoms with E-state index >= 15 is 0 Å². The van der Waals surface area contributed by atoms with Crippen LogP contribution in [-0.4, -0.2) is 49.4 Å². The van der Waals surface area contributed by atoms with Crippen molar-refractivity contribution in [3.05, 3.63) is 24.3 Å². The van der Waals surface area contributed by atoms with Gasteiger partial charge in [-0.2, -0.15) is 13.2 Å². The molecular formula is C14H13F3N2O4S. The van der Waals surface area contributed by atoms with Crippen LogP contribution in [0.4, 0.5) is 18.9 Å². The molecule has 0 aliphatic carbocycles. The summed E-state index contributed by atoms with van der Waals surface area (Å²) >= 11 is 1.34. The number of hydrogen-bond acceptors (Lipinski definition) is 5. The lowest BCUT2D eigenvalue weighted by Crippen LogP contribution is -2.41.